The summed E-state index contributed by atoms with van der Waals surface area (Å²) in [5, 5.41) is 19.5. The summed E-state index contributed by atoms with van der Waals surface area (Å²) in [5.74, 6) is -0.509. The van der Waals surface area contributed by atoms with Gasteiger partial charge in [0.2, 0.25) is 5.96 Å². The maximum atomic E-state index is 12.5. The van der Waals surface area contributed by atoms with Crippen LogP contribution in [0.2, 0.25) is 0 Å². The minimum Gasteiger partial charge on any atom is -0.444 e. The number of guanidine groups is 1. The highest BCUT2D eigenvalue weighted by Crippen LogP contribution is 2.19. The molecule has 26 heavy (non-hydrogen) atoms. The number of aliphatic hydroxyl groups is 1. The van der Waals surface area contributed by atoms with E-state index in [1.165, 1.54) is 0 Å². The highest BCUT2D eigenvalue weighted by atomic mass is 16.6. The standard InChI is InChI=1S/C18H27N3O5/c1-17(2,3)25-15(23)20-14(19)21(16(24)26-18(4,5)6)13-9-7-12(11-22)8-10-13/h7-10,22H,11H2,1-6H3,(H2,19,20,23). The predicted octanol–water partition coefficient (Wildman–Crippen LogP) is 3.38. The fourth-order valence-electron chi connectivity index (χ4n) is 1.84. The zero-order valence-corrected chi connectivity index (χ0v) is 16.0. The lowest BCUT2D eigenvalue weighted by Crippen LogP contribution is -2.49. The van der Waals surface area contributed by atoms with Crippen LogP contribution in [0.5, 0.6) is 0 Å². The number of nitrogens with zero attached hydrogens (tertiary/aromatic N) is 1. The van der Waals surface area contributed by atoms with E-state index in [-0.39, 0.29) is 6.61 Å². The molecule has 144 valence electrons. The van der Waals surface area contributed by atoms with Gasteiger partial charge in [-0.3, -0.25) is 10.7 Å². The van der Waals surface area contributed by atoms with Gasteiger partial charge in [0.1, 0.15) is 11.2 Å². The summed E-state index contributed by atoms with van der Waals surface area (Å²) < 4.78 is 10.4. The Kier molecular flexibility index (Phi) is 6.74. The highest BCUT2D eigenvalue weighted by molar-refractivity contribution is 6.15. The van der Waals surface area contributed by atoms with Gasteiger partial charge >= 0.3 is 12.2 Å². The number of hydrogen-bond donors (Lipinski definition) is 3. The van der Waals surface area contributed by atoms with Crippen molar-refractivity contribution >= 4 is 23.8 Å². The Hall–Kier alpha value is -2.61. The fraction of sp³-hybridized carbons (Fsp3) is 0.500. The van der Waals surface area contributed by atoms with Crippen LogP contribution in [0.1, 0.15) is 47.1 Å². The molecule has 1 aromatic carbocycles. The molecule has 0 fully saturated rings. The second-order valence-electron chi connectivity index (χ2n) is 7.62. The first-order chi connectivity index (χ1) is 11.8. The number of carbonyl (C=O) groups excluding carboxylic acids is 2. The maximum absolute atomic E-state index is 12.5. The van der Waals surface area contributed by atoms with Gasteiger partial charge in [-0.2, -0.15) is 0 Å². The van der Waals surface area contributed by atoms with Crippen LogP contribution in [0.25, 0.3) is 0 Å². The Morgan fingerprint density at radius 2 is 1.54 bits per heavy atom. The second kappa shape index (κ2) is 8.18. The number of carbonyl (C=O) groups is 2. The third kappa shape index (κ3) is 7.10. The molecular weight excluding hydrogens is 338 g/mol. The maximum Gasteiger partial charge on any atom is 0.421 e. The van der Waals surface area contributed by atoms with Gasteiger partial charge in [0.15, 0.2) is 0 Å². The number of ether oxygens (including phenoxy) is 2. The average Bonchev–Trinajstić information content (AvgIpc) is 2.44. The molecule has 0 bridgehead atoms. The molecule has 0 saturated carbocycles. The molecule has 0 aliphatic rings. The van der Waals surface area contributed by atoms with Crippen molar-refractivity contribution in [1.82, 2.24) is 5.32 Å². The van der Waals surface area contributed by atoms with Crippen molar-refractivity contribution in [3.05, 3.63) is 29.8 Å². The van der Waals surface area contributed by atoms with Crippen molar-refractivity contribution in [2.75, 3.05) is 4.90 Å². The molecule has 0 aromatic heterocycles. The topological polar surface area (TPSA) is 112 Å². The van der Waals surface area contributed by atoms with E-state index in [4.69, 9.17) is 20.0 Å². The minimum absolute atomic E-state index is 0.152. The van der Waals surface area contributed by atoms with Gasteiger partial charge in [-0.25, -0.2) is 14.5 Å². The Labute approximate surface area is 153 Å². The number of aliphatic hydroxyl groups excluding tert-OH is 1. The van der Waals surface area contributed by atoms with Crippen LogP contribution in [-0.2, 0) is 16.1 Å². The summed E-state index contributed by atoms with van der Waals surface area (Å²) >= 11 is 0. The first-order valence-corrected chi connectivity index (χ1v) is 8.14. The minimum atomic E-state index is -0.858. The molecule has 1 rings (SSSR count). The van der Waals surface area contributed by atoms with E-state index in [1.807, 2.05) is 0 Å². The molecule has 0 spiro atoms. The third-order valence-electron chi connectivity index (χ3n) is 2.80. The summed E-state index contributed by atoms with van der Waals surface area (Å²) in [6.07, 6.45) is -1.68. The smallest absolute Gasteiger partial charge is 0.421 e. The van der Waals surface area contributed by atoms with Crippen LogP contribution < -0.4 is 10.2 Å². The van der Waals surface area contributed by atoms with Crippen molar-refractivity contribution in [2.45, 2.75) is 59.4 Å². The Balaban J connectivity index is 3.08. The number of anilines is 1. The van der Waals surface area contributed by atoms with Crippen molar-refractivity contribution in [2.24, 2.45) is 0 Å². The molecule has 0 aliphatic heterocycles. The molecular formula is C18H27N3O5. The van der Waals surface area contributed by atoms with Crippen LogP contribution in [0.3, 0.4) is 0 Å². The summed E-state index contributed by atoms with van der Waals surface area (Å²) in [6, 6.07) is 6.29. The number of nitrogens with one attached hydrogen (secondary N) is 2. The zero-order valence-electron chi connectivity index (χ0n) is 16.0. The summed E-state index contributed by atoms with van der Waals surface area (Å²) in [6.45, 7) is 10.0. The highest BCUT2D eigenvalue weighted by Gasteiger charge is 2.29. The Morgan fingerprint density at radius 1 is 1.04 bits per heavy atom. The molecule has 0 saturated heterocycles. The van der Waals surface area contributed by atoms with Crippen LogP contribution >= 0.6 is 0 Å². The molecule has 3 N–H and O–H groups in total. The molecule has 0 radical (unpaired) electrons. The number of hydrogen-bond acceptors (Lipinski definition) is 6. The van der Waals surface area contributed by atoms with Gasteiger partial charge in [-0.15, -0.1) is 0 Å². The Morgan fingerprint density at radius 3 is 1.96 bits per heavy atom. The summed E-state index contributed by atoms with van der Waals surface area (Å²) in [5.41, 5.74) is -0.585. The van der Waals surface area contributed by atoms with Crippen molar-refractivity contribution in [1.29, 1.82) is 5.41 Å². The average molecular weight is 365 g/mol. The van der Waals surface area contributed by atoms with Gasteiger partial charge in [0.25, 0.3) is 0 Å². The quantitative estimate of drug-likeness (QED) is 0.549. The van der Waals surface area contributed by atoms with Gasteiger partial charge in [0, 0.05) is 0 Å². The van der Waals surface area contributed by atoms with Crippen LogP contribution in [0.4, 0.5) is 15.3 Å². The van der Waals surface area contributed by atoms with E-state index in [9.17, 15) is 9.59 Å². The lowest BCUT2D eigenvalue weighted by Gasteiger charge is -2.28. The molecule has 2 amide bonds. The first-order valence-electron chi connectivity index (χ1n) is 8.14. The number of benzene rings is 1. The molecule has 0 heterocycles. The molecule has 8 heteroatoms. The van der Waals surface area contributed by atoms with Crippen LogP contribution in [0, 0.1) is 5.41 Å². The van der Waals surface area contributed by atoms with Crippen molar-refractivity contribution in [3.8, 4) is 0 Å². The van der Waals surface area contributed by atoms with E-state index in [2.05, 4.69) is 5.32 Å². The first kappa shape index (κ1) is 21.4. The van der Waals surface area contributed by atoms with Gasteiger partial charge in [-0.05, 0) is 59.2 Å². The van der Waals surface area contributed by atoms with Crippen LogP contribution in [-0.4, -0.2) is 34.5 Å². The molecule has 0 aliphatic carbocycles. The monoisotopic (exact) mass is 365 g/mol. The largest absolute Gasteiger partial charge is 0.444 e. The van der Waals surface area contributed by atoms with E-state index < -0.39 is 29.3 Å². The fourth-order valence-corrected chi connectivity index (χ4v) is 1.84. The Bertz CT molecular complexity index is 657. The molecule has 0 atom stereocenters. The van der Waals surface area contributed by atoms with E-state index in [0.717, 1.165) is 4.90 Å². The van der Waals surface area contributed by atoms with Crippen molar-refractivity contribution < 1.29 is 24.2 Å². The van der Waals surface area contributed by atoms with E-state index in [1.54, 1.807) is 65.8 Å². The number of rotatable bonds is 2. The summed E-state index contributed by atoms with van der Waals surface area (Å²) in [7, 11) is 0. The van der Waals surface area contributed by atoms with E-state index in [0.29, 0.717) is 11.3 Å². The second-order valence-corrected chi connectivity index (χ2v) is 7.62. The molecule has 8 nitrogen and oxygen atoms in total. The van der Waals surface area contributed by atoms with Gasteiger partial charge in [0.05, 0.1) is 12.3 Å². The third-order valence-corrected chi connectivity index (χ3v) is 2.80. The van der Waals surface area contributed by atoms with Gasteiger partial charge in [-0.1, -0.05) is 12.1 Å². The zero-order chi connectivity index (χ0) is 20.1. The van der Waals surface area contributed by atoms with Crippen molar-refractivity contribution in [3.63, 3.8) is 0 Å². The lowest BCUT2D eigenvalue weighted by atomic mass is 10.2. The normalized spacial score (nSPS) is 11.5. The SMILES string of the molecule is CC(C)(C)OC(=O)NC(=N)N(C(=O)OC(C)(C)C)c1ccc(CO)cc1. The predicted molar refractivity (Wildman–Crippen MR) is 98.2 cm³/mol. The number of amides is 2. The lowest BCUT2D eigenvalue weighted by molar-refractivity contribution is 0.0559. The van der Waals surface area contributed by atoms with Crippen LogP contribution in [0.15, 0.2) is 24.3 Å². The van der Waals surface area contributed by atoms with Gasteiger partial charge < -0.3 is 14.6 Å². The van der Waals surface area contributed by atoms with E-state index >= 15 is 0 Å². The summed E-state index contributed by atoms with van der Waals surface area (Å²) in [4.78, 5) is 25.4. The molecule has 0 unspecified atom stereocenters. The number of alkyl carbamates (subject to hydrolysis) is 1. The molecule has 1 aromatic rings.